The summed E-state index contributed by atoms with van der Waals surface area (Å²) >= 11 is 0. The van der Waals surface area contributed by atoms with Crippen LogP contribution in [-0.2, 0) is 4.74 Å². The van der Waals surface area contributed by atoms with E-state index in [0.717, 1.165) is 17.9 Å². The normalized spacial score (nSPS) is 14.3. The van der Waals surface area contributed by atoms with Crippen molar-refractivity contribution >= 4 is 0 Å². The van der Waals surface area contributed by atoms with Crippen LogP contribution >= 0.6 is 0 Å². The highest BCUT2D eigenvalue weighted by Gasteiger charge is 2.30. The molecule has 3 nitrogen and oxygen atoms in total. The number of ether oxygens (including phenoxy) is 3. The van der Waals surface area contributed by atoms with Crippen LogP contribution in [0.5, 0.6) is 11.5 Å². The maximum Gasteiger partial charge on any atom is 0.197 e. The summed E-state index contributed by atoms with van der Waals surface area (Å²) in [4.78, 5) is 0. The first-order valence-electron chi connectivity index (χ1n) is 10.6. The minimum atomic E-state index is -0.333. The van der Waals surface area contributed by atoms with Crippen LogP contribution in [0.4, 0.5) is 0 Å². The van der Waals surface area contributed by atoms with Gasteiger partial charge in [-0.25, -0.2) is 0 Å². The van der Waals surface area contributed by atoms with Crippen molar-refractivity contribution in [1.29, 1.82) is 0 Å². The molecule has 0 heterocycles. The molecule has 0 saturated heterocycles. The lowest BCUT2D eigenvalue weighted by molar-refractivity contribution is -0.0739. The summed E-state index contributed by atoms with van der Waals surface area (Å²) < 4.78 is 17.5. The van der Waals surface area contributed by atoms with Gasteiger partial charge in [0.15, 0.2) is 6.29 Å². The molecule has 0 spiro atoms. The third-order valence-electron chi connectivity index (χ3n) is 4.87. The average molecular weight is 399 g/mol. The van der Waals surface area contributed by atoms with Crippen molar-refractivity contribution in [3.8, 4) is 11.5 Å². The molecule has 0 aromatic heterocycles. The minimum Gasteiger partial charge on any atom is -0.491 e. The van der Waals surface area contributed by atoms with Gasteiger partial charge in [0.1, 0.15) is 18.1 Å². The third-order valence-corrected chi connectivity index (χ3v) is 4.87. The Balaban J connectivity index is 1.92. The zero-order chi connectivity index (χ0) is 21.5. The van der Waals surface area contributed by atoms with Crippen LogP contribution < -0.4 is 9.47 Å². The predicted octanol–water partition coefficient (Wildman–Crippen LogP) is 7.07. The van der Waals surface area contributed by atoms with Gasteiger partial charge in [0.05, 0.1) is 6.61 Å². The number of benzene rings is 2. The molecule has 2 unspecified atom stereocenters. The van der Waals surface area contributed by atoms with Crippen LogP contribution in [0.2, 0.25) is 0 Å². The smallest absolute Gasteiger partial charge is 0.197 e. The summed E-state index contributed by atoms with van der Waals surface area (Å²) in [7, 11) is 0. The van der Waals surface area contributed by atoms with Gasteiger partial charge in [-0.05, 0) is 59.9 Å². The van der Waals surface area contributed by atoms with Gasteiger partial charge in [0, 0.05) is 0 Å². The van der Waals surface area contributed by atoms with Gasteiger partial charge >= 0.3 is 0 Å². The molecule has 0 aliphatic carbocycles. The largest absolute Gasteiger partial charge is 0.491 e. The first kappa shape index (κ1) is 23.3. The number of hydrogen-bond donors (Lipinski definition) is 0. The molecule has 2 aromatic rings. The second kappa shape index (κ2) is 10.2. The second-order valence-corrected chi connectivity index (χ2v) is 9.97. The van der Waals surface area contributed by atoms with Crippen molar-refractivity contribution in [3.05, 3.63) is 60.2 Å². The molecule has 2 aromatic carbocycles. The molecule has 0 radical (unpaired) electrons. The molecule has 0 amide bonds. The zero-order valence-electron chi connectivity index (χ0n) is 19.2. The summed E-state index contributed by atoms with van der Waals surface area (Å²) in [6.45, 7) is 16.8. The Bertz CT molecular complexity index is 726. The van der Waals surface area contributed by atoms with Crippen molar-refractivity contribution < 1.29 is 14.2 Å². The summed E-state index contributed by atoms with van der Waals surface area (Å²) in [6.07, 6.45) is 0.795. The molecule has 160 valence electrons. The van der Waals surface area contributed by atoms with Crippen molar-refractivity contribution in [2.24, 2.45) is 10.8 Å². The van der Waals surface area contributed by atoms with E-state index in [-0.39, 0.29) is 17.1 Å². The Kier molecular flexibility index (Phi) is 8.15. The first-order valence-corrected chi connectivity index (χ1v) is 10.6. The summed E-state index contributed by atoms with van der Waals surface area (Å²) in [5.74, 6) is 2.16. The van der Waals surface area contributed by atoms with E-state index in [1.54, 1.807) is 0 Å². The van der Waals surface area contributed by atoms with Gasteiger partial charge in [-0.15, -0.1) is 0 Å². The Labute approximate surface area is 177 Å². The van der Waals surface area contributed by atoms with Crippen LogP contribution in [0.15, 0.2) is 54.6 Å². The highest BCUT2D eigenvalue weighted by atomic mass is 16.7. The van der Waals surface area contributed by atoms with Gasteiger partial charge in [-0.3, -0.25) is 0 Å². The summed E-state index contributed by atoms with van der Waals surface area (Å²) in [6, 6.07) is 18.2. The Morgan fingerprint density at radius 3 is 2.07 bits per heavy atom. The lowest BCUT2D eigenvalue weighted by atomic mass is 9.69. The standard InChI is InChI=1S/C26H38O3/c1-20(27-16-17-28-22-13-9-8-10-14-22)29-23-15-11-12-21(18-23)24(26(5,6)7)19-25(2,3)4/h8-15,18,20,24H,16-17,19H2,1-7H3. The van der Waals surface area contributed by atoms with Gasteiger partial charge in [-0.2, -0.15) is 0 Å². The Hall–Kier alpha value is -2.00. The molecule has 0 bridgehead atoms. The number of para-hydroxylation sites is 1. The van der Waals surface area contributed by atoms with Crippen LogP contribution in [0.25, 0.3) is 0 Å². The SMILES string of the molecule is CC(OCCOc1ccccc1)Oc1cccc(C(CC(C)(C)C)C(C)(C)C)c1. The fraction of sp³-hybridized carbons (Fsp3) is 0.538. The highest BCUT2D eigenvalue weighted by molar-refractivity contribution is 5.32. The van der Waals surface area contributed by atoms with E-state index in [1.807, 2.05) is 43.3 Å². The minimum absolute atomic E-state index is 0.183. The van der Waals surface area contributed by atoms with E-state index in [4.69, 9.17) is 14.2 Å². The van der Waals surface area contributed by atoms with Crippen molar-refractivity contribution in [3.63, 3.8) is 0 Å². The lowest BCUT2D eigenvalue weighted by Crippen LogP contribution is -2.24. The molecular weight excluding hydrogens is 360 g/mol. The van der Waals surface area contributed by atoms with E-state index < -0.39 is 0 Å². The summed E-state index contributed by atoms with van der Waals surface area (Å²) in [5, 5.41) is 0. The molecule has 29 heavy (non-hydrogen) atoms. The Morgan fingerprint density at radius 1 is 0.793 bits per heavy atom. The highest BCUT2D eigenvalue weighted by Crippen LogP contribution is 2.43. The van der Waals surface area contributed by atoms with Gasteiger partial charge in [-0.1, -0.05) is 71.9 Å². The van der Waals surface area contributed by atoms with Crippen molar-refractivity contribution in [1.82, 2.24) is 0 Å². The zero-order valence-corrected chi connectivity index (χ0v) is 19.2. The number of hydrogen-bond acceptors (Lipinski definition) is 3. The monoisotopic (exact) mass is 398 g/mol. The summed E-state index contributed by atoms with van der Waals surface area (Å²) in [5.41, 5.74) is 1.77. The van der Waals surface area contributed by atoms with E-state index in [9.17, 15) is 0 Å². The van der Waals surface area contributed by atoms with Gasteiger partial charge in [0.25, 0.3) is 0 Å². The maximum atomic E-state index is 6.02. The van der Waals surface area contributed by atoms with E-state index in [1.165, 1.54) is 5.56 Å². The van der Waals surface area contributed by atoms with Crippen LogP contribution in [0.1, 0.15) is 66.4 Å². The predicted molar refractivity (Wildman–Crippen MR) is 121 cm³/mol. The fourth-order valence-corrected chi connectivity index (χ4v) is 3.46. The molecule has 0 saturated carbocycles. The molecule has 0 aliphatic heterocycles. The van der Waals surface area contributed by atoms with Crippen LogP contribution in [0, 0.1) is 10.8 Å². The molecule has 2 atom stereocenters. The van der Waals surface area contributed by atoms with E-state index >= 15 is 0 Å². The van der Waals surface area contributed by atoms with Gasteiger partial charge < -0.3 is 14.2 Å². The first-order chi connectivity index (χ1) is 13.5. The lowest BCUT2D eigenvalue weighted by Gasteiger charge is -2.36. The van der Waals surface area contributed by atoms with Gasteiger partial charge in [0.2, 0.25) is 0 Å². The van der Waals surface area contributed by atoms with Crippen LogP contribution in [-0.4, -0.2) is 19.5 Å². The molecule has 0 fully saturated rings. The van der Waals surface area contributed by atoms with Crippen molar-refractivity contribution in [2.75, 3.05) is 13.2 Å². The molecular formula is C26H38O3. The topological polar surface area (TPSA) is 27.7 Å². The van der Waals surface area contributed by atoms with E-state index in [2.05, 4.69) is 59.7 Å². The number of rotatable bonds is 9. The van der Waals surface area contributed by atoms with Crippen molar-refractivity contribution in [2.45, 2.75) is 67.1 Å². The molecule has 0 aliphatic rings. The molecule has 3 heteroatoms. The Morgan fingerprint density at radius 2 is 1.45 bits per heavy atom. The quantitative estimate of drug-likeness (QED) is 0.334. The maximum absolute atomic E-state index is 6.02. The van der Waals surface area contributed by atoms with E-state index in [0.29, 0.717) is 19.1 Å². The fourth-order valence-electron chi connectivity index (χ4n) is 3.46. The van der Waals surface area contributed by atoms with Crippen LogP contribution in [0.3, 0.4) is 0 Å². The second-order valence-electron chi connectivity index (χ2n) is 9.97. The molecule has 0 N–H and O–H groups in total. The average Bonchev–Trinajstić information content (AvgIpc) is 2.63. The third kappa shape index (κ3) is 8.49. The molecule has 2 rings (SSSR count).